The lowest BCUT2D eigenvalue weighted by atomic mass is 10.2. The van der Waals surface area contributed by atoms with E-state index in [1.165, 1.54) is 0 Å². The summed E-state index contributed by atoms with van der Waals surface area (Å²) < 4.78 is 31.1. The lowest BCUT2D eigenvalue weighted by molar-refractivity contribution is 0.0461. The van der Waals surface area contributed by atoms with Crippen molar-refractivity contribution >= 4 is 38.3 Å². The van der Waals surface area contributed by atoms with Gasteiger partial charge in [0.25, 0.3) is 0 Å². The third-order valence-corrected chi connectivity index (χ3v) is 8.32. The standard InChI is InChI=1S/C26H31N5O5S/c1-26(2,3)36-25(33)29-20-15-31(16-22(20)32)21-12-24(28-19-8-9-27-13-18(19)21)30-10-11-37(34,35)23-7-5-4-6-17(23)14-30/h4-9,12-13,20,22,32H,10-11,14-16H2,1-3H3,(H,29,33). The molecule has 196 valence electrons. The average molecular weight is 526 g/mol. The molecule has 3 aromatic rings. The van der Waals surface area contributed by atoms with Crippen LogP contribution < -0.4 is 15.1 Å². The van der Waals surface area contributed by atoms with Crippen LogP contribution in [0.25, 0.3) is 10.9 Å². The highest BCUT2D eigenvalue weighted by Crippen LogP contribution is 2.34. The van der Waals surface area contributed by atoms with Crippen LogP contribution in [0.2, 0.25) is 0 Å². The van der Waals surface area contributed by atoms with Crippen molar-refractivity contribution in [3.63, 3.8) is 0 Å². The molecule has 37 heavy (non-hydrogen) atoms. The van der Waals surface area contributed by atoms with Gasteiger partial charge in [0.05, 0.1) is 34.0 Å². The predicted molar refractivity (Wildman–Crippen MR) is 140 cm³/mol. The summed E-state index contributed by atoms with van der Waals surface area (Å²) in [6.45, 7) is 6.72. The molecule has 2 aliphatic rings. The molecule has 0 aliphatic carbocycles. The van der Waals surface area contributed by atoms with Gasteiger partial charge in [-0.05, 0) is 38.5 Å². The van der Waals surface area contributed by atoms with Crippen LogP contribution in [0.5, 0.6) is 0 Å². The van der Waals surface area contributed by atoms with Crippen molar-refractivity contribution in [3.05, 3.63) is 54.4 Å². The van der Waals surface area contributed by atoms with E-state index in [0.29, 0.717) is 42.4 Å². The first-order chi connectivity index (χ1) is 17.5. The first-order valence-corrected chi connectivity index (χ1v) is 13.9. The van der Waals surface area contributed by atoms with Gasteiger partial charge in [-0.1, -0.05) is 18.2 Å². The molecule has 10 nitrogen and oxygen atoms in total. The molecule has 2 aromatic heterocycles. The molecule has 0 bridgehead atoms. The Balaban J connectivity index is 1.46. The van der Waals surface area contributed by atoms with Gasteiger partial charge in [-0.2, -0.15) is 0 Å². The number of pyridine rings is 2. The second-order valence-corrected chi connectivity index (χ2v) is 12.5. The number of anilines is 2. The molecule has 1 amide bonds. The molecule has 0 spiro atoms. The van der Waals surface area contributed by atoms with Gasteiger partial charge in [0.15, 0.2) is 9.84 Å². The number of alkyl carbamates (subject to hydrolysis) is 1. The van der Waals surface area contributed by atoms with Gasteiger partial charge in [0, 0.05) is 50.0 Å². The van der Waals surface area contributed by atoms with Crippen LogP contribution >= 0.6 is 0 Å². The summed E-state index contributed by atoms with van der Waals surface area (Å²) in [4.78, 5) is 25.7. The number of aliphatic hydroxyl groups excluding tert-OH is 1. The summed E-state index contributed by atoms with van der Waals surface area (Å²) in [6, 6.07) is 10.3. The fourth-order valence-corrected chi connectivity index (χ4v) is 6.30. The maximum Gasteiger partial charge on any atom is 0.408 e. The van der Waals surface area contributed by atoms with Gasteiger partial charge in [-0.3, -0.25) is 4.98 Å². The smallest absolute Gasteiger partial charge is 0.408 e. The number of sulfone groups is 1. The molecular formula is C26H31N5O5S. The Bertz CT molecular complexity index is 1440. The lowest BCUT2D eigenvalue weighted by Gasteiger charge is -2.26. The Hall–Kier alpha value is -3.44. The number of nitrogens with zero attached hydrogens (tertiary/aromatic N) is 4. The highest BCUT2D eigenvalue weighted by Gasteiger charge is 2.35. The van der Waals surface area contributed by atoms with Crippen molar-refractivity contribution in [3.8, 4) is 0 Å². The Morgan fingerprint density at radius 3 is 2.73 bits per heavy atom. The molecule has 2 atom stereocenters. The van der Waals surface area contributed by atoms with E-state index in [0.717, 1.165) is 16.6 Å². The molecule has 4 heterocycles. The highest BCUT2D eigenvalue weighted by molar-refractivity contribution is 7.91. The zero-order valence-corrected chi connectivity index (χ0v) is 21.9. The maximum absolute atomic E-state index is 12.9. The molecule has 1 fully saturated rings. The van der Waals surface area contributed by atoms with Crippen LogP contribution in [0.4, 0.5) is 16.3 Å². The van der Waals surface area contributed by atoms with Crippen LogP contribution in [-0.2, 0) is 21.1 Å². The normalized spacial score (nSPS) is 21.4. The van der Waals surface area contributed by atoms with Crippen molar-refractivity contribution in [2.75, 3.05) is 35.2 Å². The molecule has 2 aliphatic heterocycles. The average Bonchev–Trinajstić information content (AvgIpc) is 3.12. The monoisotopic (exact) mass is 525 g/mol. The predicted octanol–water partition coefficient (Wildman–Crippen LogP) is 2.50. The zero-order valence-electron chi connectivity index (χ0n) is 21.1. The van der Waals surface area contributed by atoms with E-state index in [1.54, 1.807) is 45.3 Å². The third-order valence-electron chi connectivity index (χ3n) is 6.53. The van der Waals surface area contributed by atoms with Crippen LogP contribution in [0.1, 0.15) is 26.3 Å². The Labute approximate surface area is 216 Å². The van der Waals surface area contributed by atoms with E-state index >= 15 is 0 Å². The van der Waals surface area contributed by atoms with Crippen molar-refractivity contribution in [2.24, 2.45) is 0 Å². The summed E-state index contributed by atoms with van der Waals surface area (Å²) in [5.41, 5.74) is 1.60. The fourth-order valence-electron chi connectivity index (χ4n) is 4.80. The Morgan fingerprint density at radius 1 is 1.16 bits per heavy atom. The first-order valence-electron chi connectivity index (χ1n) is 12.2. The number of nitrogens with one attached hydrogen (secondary N) is 1. The van der Waals surface area contributed by atoms with Gasteiger partial charge in [0.1, 0.15) is 11.4 Å². The summed E-state index contributed by atoms with van der Waals surface area (Å²) in [7, 11) is -3.40. The second-order valence-electron chi connectivity index (χ2n) is 10.5. The summed E-state index contributed by atoms with van der Waals surface area (Å²) >= 11 is 0. The van der Waals surface area contributed by atoms with Gasteiger partial charge < -0.3 is 25.0 Å². The van der Waals surface area contributed by atoms with Crippen molar-refractivity contribution in [2.45, 2.75) is 50.0 Å². The Morgan fingerprint density at radius 2 is 1.95 bits per heavy atom. The summed E-state index contributed by atoms with van der Waals surface area (Å²) in [5, 5.41) is 14.3. The van der Waals surface area contributed by atoms with Crippen LogP contribution in [0.15, 0.2) is 53.7 Å². The van der Waals surface area contributed by atoms with Crippen LogP contribution in [-0.4, -0.2) is 72.7 Å². The zero-order chi connectivity index (χ0) is 26.4. The molecule has 2 N–H and O–H groups in total. The topological polar surface area (TPSA) is 125 Å². The van der Waals surface area contributed by atoms with Crippen LogP contribution in [0.3, 0.4) is 0 Å². The number of benzene rings is 1. The Kier molecular flexibility index (Phi) is 6.45. The molecule has 5 rings (SSSR count). The van der Waals surface area contributed by atoms with Gasteiger partial charge in [0.2, 0.25) is 0 Å². The van der Waals surface area contributed by atoms with Crippen molar-refractivity contribution < 1.29 is 23.1 Å². The van der Waals surface area contributed by atoms with E-state index in [9.17, 15) is 18.3 Å². The number of aromatic nitrogens is 2. The van der Waals surface area contributed by atoms with Gasteiger partial charge in [-0.25, -0.2) is 18.2 Å². The lowest BCUT2D eigenvalue weighted by Crippen LogP contribution is -2.45. The minimum Gasteiger partial charge on any atom is -0.444 e. The minimum absolute atomic E-state index is 0.0142. The quantitative estimate of drug-likeness (QED) is 0.531. The third kappa shape index (κ3) is 5.33. The molecule has 11 heteroatoms. The molecule has 0 saturated carbocycles. The molecule has 0 radical (unpaired) electrons. The number of hydrogen-bond acceptors (Lipinski definition) is 9. The van der Waals surface area contributed by atoms with E-state index < -0.39 is 33.7 Å². The van der Waals surface area contributed by atoms with E-state index in [4.69, 9.17) is 9.72 Å². The molecule has 1 aromatic carbocycles. The highest BCUT2D eigenvalue weighted by atomic mass is 32.2. The van der Waals surface area contributed by atoms with Gasteiger partial charge >= 0.3 is 6.09 Å². The molecule has 2 unspecified atom stereocenters. The fraction of sp³-hybridized carbons (Fsp3) is 0.423. The van der Waals surface area contributed by atoms with Crippen molar-refractivity contribution in [1.82, 2.24) is 15.3 Å². The van der Waals surface area contributed by atoms with E-state index in [-0.39, 0.29) is 5.75 Å². The summed E-state index contributed by atoms with van der Waals surface area (Å²) in [5.74, 6) is 0.623. The number of rotatable bonds is 3. The number of ether oxygens (including phenoxy) is 1. The number of carbonyl (C=O) groups is 1. The number of aliphatic hydroxyl groups is 1. The number of fused-ring (bicyclic) bond motifs is 2. The van der Waals surface area contributed by atoms with Crippen molar-refractivity contribution in [1.29, 1.82) is 0 Å². The minimum atomic E-state index is -3.40. The number of hydrogen-bond donors (Lipinski definition) is 2. The number of amides is 1. The number of β-amino-alcohol motifs (C(OH)–C–C–N with tert-alkyl or cyclic N) is 1. The largest absolute Gasteiger partial charge is 0.444 e. The number of carbonyl (C=O) groups excluding carboxylic acids is 1. The second kappa shape index (κ2) is 9.46. The van der Waals surface area contributed by atoms with Crippen LogP contribution in [0, 0.1) is 0 Å². The molecule has 1 saturated heterocycles. The summed E-state index contributed by atoms with van der Waals surface area (Å²) in [6.07, 6.45) is 2.01. The first kappa shape index (κ1) is 25.2. The molecular weight excluding hydrogens is 494 g/mol. The van der Waals surface area contributed by atoms with E-state index in [1.807, 2.05) is 34.1 Å². The maximum atomic E-state index is 12.9. The van der Waals surface area contributed by atoms with Gasteiger partial charge in [-0.15, -0.1) is 0 Å². The van der Waals surface area contributed by atoms with E-state index in [2.05, 4.69) is 10.3 Å². The SMILES string of the molecule is CC(C)(C)OC(=O)NC1CN(c2cc(N3CCS(=O)(=O)c4ccccc4C3)nc3ccncc23)CC1O.